The minimum absolute atomic E-state index is 0.263. The van der Waals surface area contributed by atoms with Gasteiger partial charge in [-0.25, -0.2) is 0 Å². The Kier molecular flexibility index (Phi) is 5.83. The molecule has 0 amide bonds. The summed E-state index contributed by atoms with van der Waals surface area (Å²) in [5.41, 5.74) is 2.45. The van der Waals surface area contributed by atoms with Gasteiger partial charge in [0.05, 0.1) is 7.11 Å². The van der Waals surface area contributed by atoms with Crippen molar-refractivity contribution >= 4 is 11.3 Å². The summed E-state index contributed by atoms with van der Waals surface area (Å²) in [5.74, 6) is 0.969. The van der Waals surface area contributed by atoms with Crippen LogP contribution >= 0.6 is 11.3 Å². The van der Waals surface area contributed by atoms with E-state index in [1.54, 1.807) is 7.11 Å². The Hall–Kier alpha value is -1.32. The lowest BCUT2D eigenvalue weighted by molar-refractivity contribution is 0.390. The van der Waals surface area contributed by atoms with Gasteiger partial charge < -0.3 is 10.1 Å². The zero-order valence-electron chi connectivity index (χ0n) is 13.3. The quantitative estimate of drug-likeness (QED) is 0.753. The van der Waals surface area contributed by atoms with Crippen LogP contribution in [0.4, 0.5) is 0 Å². The largest absolute Gasteiger partial charge is 0.496 e. The van der Waals surface area contributed by atoms with E-state index in [0.717, 1.165) is 12.2 Å². The minimum atomic E-state index is 0.263. The van der Waals surface area contributed by atoms with Crippen molar-refractivity contribution in [2.75, 3.05) is 7.11 Å². The van der Waals surface area contributed by atoms with Crippen molar-refractivity contribution in [3.8, 4) is 5.75 Å². The summed E-state index contributed by atoms with van der Waals surface area (Å²) in [4.78, 5) is 1.41. The van der Waals surface area contributed by atoms with Crippen molar-refractivity contribution < 1.29 is 4.74 Å². The number of rotatable bonds is 7. The maximum absolute atomic E-state index is 5.54. The smallest absolute Gasteiger partial charge is 0.123 e. The third-order valence-electron chi connectivity index (χ3n) is 3.77. The summed E-state index contributed by atoms with van der Waals surface area (Å²) < 4.78 is 5.54. The molecule has 2 unspecified atom stereocenters. The average molecular weight is 303 g/mol. The fourth-order valence-electron chi connectivity index (χ4n) is 2.65. The molecule has 1 aromatic carbocycles. The lowest BCUT2D eigenvalue weighted by Gasteiger charge is -2.24. The Labute approximate surface area is 132 Å². The highest BCUT2D eigenvalue weighted by Gasteiger charge is 2.18. The third kappa shape index (κ3) is 4.08. The monoisotopic (exact) mass is 303 g/mol. The van der Waals surface area contributed by atoms with E-state index in [4.69, 9.17) is 4.74 Å². The molecular formula is C18H25NOS. The van der Waals surface area contributed by atoms with Gasteiger partial charge in [0.1, 0.15) is 5.75 Å². The number of aryl methyl sites for hydroxylation is 1. The molecular weight excluding hydrogens is 278 g/mol. The van der Waals surface area contributed by atoms with Gasteiger partial charge in [0, 0.05) is 22.5 Å². The summed E-state index contributed by atoms with van der Waals surface area (Å²) in [6.45, 7) is 6.54. The van der Waals surface area contributed by atoms with Gasteiger partial charge in [-0.15, -0.1) is 11.3 Å². The summed E-state index contributed by atoms with van der Waals surface area (Å²) in [7, 11) is 1.74. The lowest BCUT2D eigenvalue weighted by atomic mass is 10.0. The van der Waals surface area contributed by atoms with Gasteiger partial charge in [-0.2, -0.15) is 0 Å². The van der Waals surface area contributed by atoms with Gasteiger partial charge >= 0.3 is 0 Å². The predicted octanol–water partition coefficient (Wildman–Crippen LogP) is 5.26. The van der Waals surface area contributed by atoms with Crippen LogP contribution in [0.3, 0.4) is 0 Å². The van der Waals surface area contributed by atoms with Gasteiger partial charge in [-0.05, 0) is 43.3 Å². The van der Waals surface area contributed by atoms with E-state index in [2.05, 4.69) is 61.8 Å². The van der Waals surface area contributed by atoms with E-state index in [1.165, 1.54) is 22.4 Å². The Balaban J connectivity index is 2.17. The first-order chi connectivity index (χ1) is 10.2. The van der Waals surface area contributed by atoms with Crippen molar-refractivity contribution in [3.63, 3.8) is 0 Å². The Morgan fingerprint density at radius 3 is 2.71 bits per heavy atom. The van der Waals surface area contributed by atoms with Gasteiger partial charge in [0.2, 0.25) is 0 Å². The fraction of sp³-hybridized carbons (Fsp3) is 0.444. The highest BCUT2D eigenvalue weighted by molar-refractivity contribution is 7.10. The fourth-order valence-corrected chi connectivity index (χ4v) is 3.48. The Morgan fingerprint density at radius 2 is 2.10 bits per heavy atom. The number of methoxy groups -OCH3 is 1. The van der Waals surface area contributed by atoms with E-state index in [0.29, 0.717) is 6.04 Å². The average Bonchev–Trinajstić information content (AvgIpc) is 3.00. The van der Waals surface area contributed by atoms with Gasteiger partial charge in [0.15, 0.2) is 0 Å². The second-order valence-corrected chi connectivity index (χ2v) is 6.47. The van der Waals surface area contributed by atoms with Crippen LogP contribution < -0.4 is 10.1 Å². The van der Waals surface area contributed by atoms with Crippen LogP contribution in [0.5, 0.6) is 5.75 Å². The second kappa shape index (κ2) is 7.62. The molecule has 0 aliphatic rings. The molecule has 3 heteroatoms. The summed E-state index contributed by atoms with van der Waals surface area (Å²) in [5, 5.41) is 5.91. The minimum Gasteiger partial charge on any atom is -0.496 e. The van der Waals surface area contributed by atoms with Crippen molar-refractivity contribution in [1.82, 2.24) is 5.32 Å². The van der Waals surface area contributed by atoms with Gasteiger partial charge in [0.25, 0.3) is 0 Å². The molecule has 2 nitrogen and oxygen atoms in total. The summed E-state index contributed by atoms with van der Waals surface area (Å²) in [6, 6.07) is 11.4. The summed E-state index contributed by atoms with van der Waals surface area (Å²) in [6.07, 6.45) is 2.33. The molecule has 1 heterocycles. The van der Waals surface area contributed by atoms with E-state index in [-0.39, 0.29) is 6.04 Å². The van der Waals surface area contributed by atoms with Crippen molar-refractivity contribution in [3.05, 3.63) is 51.7 Å². The van der Waals surface area contributed by atoms with Gasteiger partial charge in [-0.3, -0.25) is 0 Å². The van der Waals surface area contributed by atoms with Crippen LogP contribution in [0.1, 0.15) is 54.8 Å². The molecule has 1 aromatic heterocycles. The number of hydrogen-bond donors (Lipinski definition) is 1. The van der Waals surface area contributed by atoms with Crippen molar-refractivity contribution in [1.29, 1.82) is 0 Å². The molecule has 2 aromatic rings. The van der Waals surface area contributed by atoms with E-state index in [1.807, 2.05) is 11.3 Å². The molecule has 114 valence electrons. The number of nitrogens with one attached hydrogen (secondary N) is 1. The Bertz CT molecular complexity index is 550. The zero-order valence-corrected chi connectivity index (χ0v) is 14.2. The molecule has 0 aliphatic heterocycles. The van der Waals surface area contributed by atoms with E-state index < -0.39 is 0 Å². The molecule has 0 aliphatic carbocycles. The zero-order chi connectivity index (χ0) is 15.2. The molecule has 2 rings (SSSR count). The van der Waals surface area contributed by atoms with Crippen LogP contribution in [0.15, 0.2) is 35.7 Å². The van der Waals surface area contributed by atoms with Crippen LogP contribution in [-0.2, 0) is 0 Å². The Morgan fingerprint density at radius 1 is 1.29 bits per heavy atom. The molecule has 0 saturated heterocycles. The molecule has 0 saturated carbocycles. The number of ether oxygens (including phenoxy) is 1. The number of benzene rings is 1. The molecule has 2 atom stereocenters. The maximum atomic E-state index is 5.54. The van der Waals surface area contributed by atoms with Crippen LogP contribution in [0.2, 0.25) is 0 Å². The molecule has 1 N–H and O–H groups in total. The lowest BCUT2D eigenvalue weighted by Crippen LogP contribution is -2.24. The maximum Gasteiger partial charge on any atom is 0.123 e. The van der Waals surface area contributed by atoms with Gasteiger partial charge in [-0.1, -0.05) is 31.5 Å². The van der Waals surface area contributed by atoms with Crippen LogP contribution in [0.25, 0.3) is 0 Å². The first-order valence-electron chi connectivity index (χ1n) is 7.59. The first kappa shape index (κ1) is 16.1. The molecule has 21 heavy (non-hydrogen) atoms. The van der Waals surface area contributed by atoms with Crippen molar-refractivity contribution in [2.45, 2.75) is 45.7 Å². The predicted molar refractivity (Wildman–Crippen MR) is 91.2 cm³/mol. The van der Waals surface area contributed by atoms with E-state index >= 15 is 0 Å². The first-order valence-corrected chi connectivity index (χ1v) is 8.47. The summed E-state index contributed by atoms with van der Waals surface area (Å²) >= 11 is 1.83. The SMILES string of the molecule is CCCC(NC(C)c1ccc(C)cc1OC)c1cccs1. The number of thiophene rings is 1. The molecule has 0 radical (unpaired) electrons. The number of hydrogen-bond acceptors (Lipinski definition) is 3. The second-order valence-electron chi connectivity index (χ2n) is 5.49. The van der Waals surface area contributed by atoms with Crippen molar-refractivity contribution in [2.24, 2.45) is 0 Å². The molecule has 0 spiro atoms. The third-order valence-corrected chi connectivity index (χ3v) is 4.76. The van der Waals surface area contributed by atoms with E-state index in [9.17, 15) is 0 Å². The molecule has 0 bridgehead atoms. The normalized spacial score (nSPS) is 13.9. The van der Waals surface area contributed by atoms with Crippen LogP contribution in [-0.4, -0.2) is 7.11 Å². The standard InChI is InChI=1S/C18H25NOS/c1-5-7-16(18-8-6-11-21-18)19-14(3)15-10-9-13(2)12-17(15)20-4/h6,8-12,14,16,19H,5,7H2,1-4H3. The highest BCUT2D eigenvalue weighted by atomic mass is 32.1. The van der Waals surface area contributed by atoms with Crippen LogP contribution in [0, 0.1) is 6.92 Å². The highest BCUT2D eigenvalue weighted by Crippen LogP contribution is 2.30. The topological polar surface area (TPSA) is 21.3 Å². The molecule has 0 fully saturated rings.